The van der Waals surface area contributed by atoms with E-state index in [-0.39, 0.29) is 0 Å². The molecule has 0 aromatic carbocycles. The minimum absolute atomic E-state index is 0.620. The number of aromatic amines is 1. The van der Waals surface area contributed by atoms with Crippen molar-refractivity contribution in [2.45, 2.75) is 232 Å². The van der Waals surface area contributed by atoms with Crippen molar-refractivity contribution in [1.82, 2.24) is 4.98 Å². The highest BCUT2D eigenvalue weighted by molar-refractivity contribution is 4.90. The van der Waals surface area contributed by atoms with Crippen molar-refractivity contribution in [3.63, 3.8) is 0 Å². The molecule has 1 N–H and O–H groups in total. The Morgan fingerprint density at radius 3 is 1.15 bits per heavy atom. The molecule has 0 amide bonds. The first kappa shape index (κ1) is 38.2. The van der Waals surface area contributed by atoms with Crippen LogP contribution in [0.2, 0.25) is 0 Å². The summed E-state index contributed by atoms with van der Waals surface area (Å²) in [6, 6.07) is 0.620. The van der Waals surface area contributed by atoms with Gasteiger partial charge in [0, 0.05) is 0 Å². The fraction of sp³-hybridized carbons (Fsp3) is 0.923. The Morgan fingerprint density at radius 2 is 0.780 bits per heavy atom. The van der Waals surface area contributed by atoms with Crippen molar-refractivity contribution >= 4 is 0 Å². The monoisotopic (exact) mass is 574 g/mol. The molecule has 0 aliphatic heterocycles. The Hall–Kier alpha value is -0.790. The quantitative estimate of drug-likeness (QED) is 0.0653. The molecule has 2 atom stereocenters. The molecule has 0 radical (unpaired) electrons. The van der Waals surface area contributed by atoms with E-state index in [4.69, 9.17) is 0 Å². The summed E-state index contributed by atoms with van der Waals surface area (Å²) >= 11 is 0. The number of nitrogens with zero attached hydrogens (tertiary/aromatic N) is 1. The second-order valence-corrected chi connectivity index (χ2v) is 13.6. The maximum atomic E-state index is 3.74. The average Bonchev–Trinajstić information content (AvgIpc) is 3.47. The number of nitrogens with one attached hydrogen (secondary N) is 1. The maximum absolute atomic E-state index is 3.74. The van der Waals surface area contributed by atoms with Crippen molar-refractivity contribution in [3.05, 3.63) is 18.2 Å². The molecule has 242 valence electrons. The van der Waals surface area contributed by atoms with Gasteiger partial charge in [0.25, 0.3) is 5.82 Å². The summed E-state index contributed by atoms with van der Waals surface area (Å²) in [7, 11) is 0. The molecule has 1 rings (SSSR count). The van der Waals surface area contributed by atoms with Crippen LogP contribution in [0.3, 0.4) is 0 Å². The van der Waals surface area contributed by atoms with Crippen LogP contribution < -0.4 is 4.57 Å². The lowest BCUT2D eigenvalue weighted by Crippen LogP contribution is -2.41. The fourth-order valence-electron chi connectivity index (χ4n) is 6.78. The Morgan fingerprint density at radius 1 is 0.463 bits per heavy atom. The van der Waals surface area contributed by atoms with E-state index in [0.29, 0.717) is 12.0 Å². The zero-order chi connectivity index (χ0) is 29.6. The van der Waals surface area contributed by atoms with Gasteiger partial charge in [-0.3, -0.25) is 0 Å². The summed E-state index contributed by atoms with van der Waals surface area (Å²) in [4.78, 5) is 3.74. The second kappa shape index (κ2) is 29.3. The van der Waals surface area contributed by atoms with Gasteiger partial charge in [-0.2, -0.15) is 0 Å². The third-order valence-electron chi connectivity index (χ3n) is 9.64. The number of hydrogen-bond acceptors (Lipinski definition) is 0. The van der Waals surface area contributed by atoms with Crippen molar-refractivity contribution in [2.24, 2.45) is 0 Å². The van der Waals surface area contributed by atoms with E-state index in [0.717, 1.165) is 0 Å². The van der Waals surface area contributed by atoms with Crippen LogP contribution in [0.5, 0.6) is 0 Å². The summed E-state index contributed by atoms with van der Waals surface area (Å²) in [5.41, 5.74) is 0. The van der Waals surface area contributed by atoms with E-state index in [2.05, 4.69) is 49.6 Å². The number of imidazole rings is 1. The number of hydrogen-bond donors (Lipinski definition) is 1. The highest BCUT2D eigenvalue weighted by Gasteiger charge is 2.25. The molecule has 2 unspecified atom stereocenters. The Balaban J connectivity index is 2.42. The van der Waals surface area contributed by atoms with Crippen LogP contribution in [0.4, 0.5) is 0 Å². The van der Waals surface area contributed by atoms with Crippen molar-refractivity contribution in [1.29, 1.82) is 0 Å². The lowest BCUT2D eigenvalue weighted by Gasteiger charge is -2.17. The van der Waals surface area contributed by atoms with Crippen LogP contribution >= 0.6 is 0 Å². The molecule has 0 bridgehead atoms. The van der Waals surface area contributed by atoms with Gasteiger partial charge < -0.3 is 0 Å². The van der Waals surface area contributed by atoms with E-state index in [1.54, 1.807) is 0 Å². The average molecular weight is 574 g/mol. The predicted molar refractivity (Wildman–Crippen MR) is 184 cm³/mol. The molecular weight excluding hydrogens is 496 g/mol. The maximum Gasteiger partial charge on any atom is 0.257 e. The van der Waals surface area contributed by atoms with Gasteiger partial charge in [0.2, 0.25) is 0 Å². The largest absolute Gasteiger partial charge is 0.257 e. The first-order valence-electron chi connectivity index (χ1n) is 19.3. The van der Waals surface area contributed by atoms with Crippen molar-refractivity contribution < 1.29 is 4.57 Å². The van der Waals surface area contributed by atoms with Gasteiger partial charge in [-0.25, -0.2) is 9.55 Å². The highest BCUT2D eigenvalue weighted by Crippen LogP contribution is 2.27. The molecule has 0 saturated heterocycles. The zero-order valence-corrected chi connectivity index (χ0v) is 29.0. The Kier molecular flexibility index (Phi) is 27.3. The first-order chi connectivity index (χ1) is 20.2. The van der Waals surface area contributed by atoms with Crippen LogP contribution in [-0.4, -0.2) is 4.98 Å². The van der Waals surface area contributed by atoms with Gasteiger partial charge >= 0.3 is 0 Å². The SMILES string of the molecule is CCCCCCCCCCCCCC(CCCCCCCCC)c1[nH]cc[n+]1C(C)CCCCCCCCCCC. The summed E-state index contributed by atoms with van der Waals surface area (Å²) in [5.74, 6) is 2.25. The molecular formula is C39H77N2+. The van der Waals surface area contributed by atoms with Crippen LogP contribution in [0.25, 0.3) is 0 Å². The minimum Gasteiger partial charge on any atom is -0.247 e. The van der Waals surface area contributed by atoms with E-state index in [1.807, 2.05) is 0 Å². The highest BCUT2D eigenvalue weighted by atomic mass is 15.1. The number of unbranched alkanes of at least 4 members (excludes halogenated alkanes) is 24. The summed E-state index contributed by atoms with van der Waals surface area (Å²) in [5, 5.41) is 0. The second-order valence-electron chi connectivity index (χ2n) is 13.6. The van der Waals surface area contributed by atoms with E-state index in [1.165, 1.54) is 198 Å². The number of rotatable bonds is 32. The van der Waals surface area contributed by atoms with Crippen LogP contribution in [0, 0.1) is 0 Å². The molecule has 0 aliphatic rings. The molecule has 0 aliphatic carbocycles. The van der Waals surface area contributed by atoms with E-state index < -0.39 is 0 Å². The zero-order valence-electron chi connectivity index (χ0n) is 29.0. The van der Waals surface area contributed by atoms with Crippen LogP contribution in [0.1, 0.15) is 238 Å². The standard InChI is InChI=1S/C39H76N2/c1-5-8-11-14-17-19-20-22-25-28-31-34-38(33-30-27-23-16-13-10-7-3)39-40-35-36-41(39)37(4)32-29-26-24-21-18-15-12-9-6-2/h35-38H,5-34H2,1-4H3/p+1. The van der Waals surface area contributed by atoms with E-state index >= 15 is 0 Å². The van der Waals surface area contributed by atoms with Gasteiger partial charge in [-0.1, -0.05) is 188 Å². The van der Waals surface area contributed by atoms with Gasteiger partial charge in [-0.15, -0.1) is 0 Å². The third-order valence-corrected chi connectivity index (χ3v) is 9.64. The molecule has 2 nitrogen and oxygen atoms in total. The molecule has 0 saturated carbocycles. The molecule has 41 heavy (non-hydrogen) atoms. The topological polar surface area (TPSA) is 19.7 Å². The van der Waals surface area contributed by atoms with E-state index in [9.17, 15) is 0 Å². The molecule has 1 aromatic rings. The summed E-state index contributed by atoms with van der Waals surface area (Å²) < 4.78 is 2.63. The minimum atomic E-state index is 0.620. The number of H-pyrrole nitrogens is 1. The fourth-order valence-corrected chi connectivity index (χ4v) is 6.78. The van der Waals surface area contributed by atoms with Crippen molar-refractivity contribution in [3.8, 4) is 0 Å². The van der Waals surface area contributed by atoms with Crippen LogP contribution in [0.15, 0.2) is 12.4 Å². The van der Waals surface area contributed by atoms with Crippen LogP contribution in [-0.2, 0) is 0 Å². The molecule has 2 heteroatoms. The lowest BCUT2D eigenvalue weighted by molar-refractivity contribution is -0.727. The predicted octanol–water partition coefficient (Wildman–Crippen LogP) is 13.7. The van der Waals surface area contributed by atoms with Gasteiger partial charge in [0.1, 0.15) is 12.4 Å². The molecule has 0 spiro atoms. The third kappa shape index (κ3) is 21.5. The summed E-state index contributed by atoms with van der Waals surface area (Å²) in [6.07, 6.45) is 47.2. The lowest BCUT2D eigenvalue weighted by atomic mass is 9.92. The van der Waals surface area contributed by atoms with Crippen molar-refractivity contribution in [2.75, 3.05) is 0 Å². The molecule has 0 fully saturated rings. The normalized spacial score (nSPS) is 13.2. The summed E-state index contributed by atoms with van der Waals surface area (Å²) in [6.45, 7) is 9.41. The smallest absolute Gasteiger partial charge is 0.247 e. The first-order valence-corrected chi connectivity index (χ1v) is 19.3. The molecule has 1 aromatic heterocycles. The van der Waals surface area contributed by atoms with Gasteiger partial charge in [0.05, 0.1) is 12.0 Å². The Bertz CT molecular complexity index is 635. The number of aromatic nitrogens is 2. The van der Waals surface area contributed by atoms with Gasteiger partial charge in [0.15, 0.2) is 0 Å². The van der Waals surface area contributed by atoms with Gasteiger partial charge in [-0.05, 0) is 32.6 Å². The Labute approximate surface area is 259 Å². The molecule has 1 heterocycles.